The van der Waals surface area contributed by atoms with Crippen molar-refractivity contribution in [2.45, 2.75) is 0 Å². The van der Waals surface area contributed by atoms with Crippen molar-refractivity contribution in [1.29, 1.82) is 0 Å². The Morgan fingerprint density at radius 2 is 1.20 bits per heavy atom. The molecule has 10 rings (SSSR count). The molecule has 46 heavy (non-hydrogen) atoms. The van der Waals surface area contributed by atoms with Crippen LogP contribution in [0, 0.1) is 0 Å². The molecule has 0 bridgehead atoms. The second-order valence-corrected chi connectivity index (χ2v) is 11.7. The molecule has 4 heterocycles. The third kappa shape index (κ3) is 3.60. The monoisotopic (exact) mass is 587 g/mol. The van der Waals surface area contributed by atoms with Gasteiger partial charge in [-0.3, -0.25) is 14.0 Å². The third-order valence-electron chi connectivity index (χ3n) is 9.14. The zero-order valence-corrected chi connectivity index (χ0v) is 24.7. The van der Waals surface area contributed by atoms with Crippen LogP contribution in [0.25, 0.3) is 88.5 Å². The number of imidazole rings is 2. The van der Waals surface area contributed by atoms with Gasteiger partial charge < -0.3 is 0 Å². The van der Waals surface area contributed by atoms with Crippen LogP contribution in [-0.2, 0) is 0 Å². The number of para-hydroxylation sites is 5. The fourth-order valence-electron chi connectivity index (χ4n) is 7.03. The van der Waals surface area contributed by atoms with E-state index in [0.29, 0.717) is 0 Å². The van der Waals surface area contributed by atoms with Gasteiger partial charge in [-0.1, -0.05) is 91.0 Å². The Kier molecular flexibility index (Phi) is 5.22. The molecule has 5 nitrogen and oxygen atoms in total. The summed E-state index contributed by atoms with van der Waals surface area (Å²) in [6.45, 7) is 0. The van der Waals surface area contributed by atoms with Gasteiger partial charge in [-0.15, -0.1) is 0 Å². The maximum atomic E-state index is 5.12. The lowest BCUT2D eigenvalue weighted by molar-refractivity contribution is 1.10. The molecule has 0 aliphatic rings. The van der Waals surface area contributed by atoms with Crippen molar-refractivity contribution in [2.24, 2.45) is 0 Å². The Morgan fingerprint density at radius 3 is 2.04 bits per heavy atom. The predicted octanol–water partition coefficient (Wildman–Crippen LogP) is 10.0. The van der Waals surface area contributed by atoms with Crippen LogP contribution in [0.4, 0.5) is 0 Å². The lowest BCUT2D eigenvalue weighted by Gasteiger charge is -2.13. The van der Waals surface area contributed by atoms with E-state index < -0.39 is 0 Å². The van der Waals surface area contributed by atoms with Gasteiger partial charge in [0.05, 0.1) is 38.5 Å². The minimum absolute atomic E-state index is 0.928. The van der Waals surface area contributed by atoms with E-state index >= 15 is 0 Å². The quantitative estimate of drug-likeness (QED) is 0.193. The Labute approximate surface area is 263 Å². The topological polar surface area (TPSA) is 48.0 Å². The lowest BCUT2D eigenvalue weighted by Crippen LogP contribution is -1.97. The van der Waals surface area contributed by atoms with Crippen LogP contribution in [0.1, 0.15) is 0 Å². The molecule has 6 aromatic carbocycles. The van der Waals surface area contributed by atoms with E-state index in [0.717, 1.165) is 83.1 Å². The van der Waals surface area contributed by atoms with Gasteiger partial charge in [0.15, 0.2) is 0 Å². The van der Waals surface area contributed by atoms with Crippen LogP contribution >= 0.6 is 0 Å². The average Bonchev–Trinajstić information content (AvgIpc) is 3.71. The zero-order chi connectivity index (χ0) is 30.2. The summed E-state index contributed by atoms with van der Waals surface area (Å²) >= 11 is 0. The molecule has 0 N–H and O–H groups in total. The van der Waals surface area contributed by atoms with E-state index in [-0.39, 0.29) is 0 Å². The number of fused-ring (bicyclic) bond motifs is 11. The molecule has 0 radical (unpaired) electrons. The van der Waals surface area contributed by atoms with Gasteiger partial charge in [0, 0.05) is 28.2 Å². The van der Waals surface area contributed by atoms with E-state index in [4.69, 9.17) is 15.0 Å². The van der Waals surface area contributed by atoms with Gasteiger partial charge >= 0.3 is 0 Å². The van der Waals surface area contributed by atoms with Crippen LogP contribution in [0.15, 0.2) is 152 Å². The molecule has 0 saturated heterocycles. The minimum Gasteiger partial charge on any atom is -0.292 e. The van der Waals surface area contributed by atoms with Crippen molar-refractivity contribution >= 4 is 60.3 Å². The van der Waals surface area contributed by atoms with Crippen molar-refractivity contribution in [3.8, 4) is 28.2 Å². The highest BCUT2D eigenvalue weighted by atomic mass is 15.1. The van der Waals surface area contributed by atoms with Crippen LogP contribution in [-0.4, -0.2) is 23.9 Å². The summed E-state index contributed by atoms with van der Waals surface area (Å²) in [5.41, 5.74) is 11.6. The smallest absolute Gasteiger partial charge is 0.148 e. The van der Waals surface area contributed by atoms with Crippen molar-refractivity contribution < 1.29 is 0 Å². The maximum Gasteiger partial charge on any atom is 0.148 e. The fraction of sp³-hybridized carbons (Fsp3) is 0. The van der Waals surface area contributed by atoms with Gasteiger partial charge in [0.25, 0.3) is 0 Å². The number of nitrogens with zero attached hydrogens (tertiary/aromatic N) is 5. The lowest BCUT2D eigenvalue weighted by atomic mass is 9.98. The summed E-state index contributed by atoms with van der Waals surface area (Å²) in [5, 5.41) is 4.51. The van der Waals surface area contributed by atoms with E-state index in [1.54, 1.807) is 0 Å². The molecular weight excluding hydrogens is 562 g/mol. The molecule has 0 fully saturated rings. The molecule has 10 aromatic rings. The molecule has 0 aliphatic carbocycles. The first-order valence-electron chi connectivity index (χ1n) is 15.5. The highest BCUT2D eigenvalue weighted by Gasteiger charge is 2.18. The van der Waals surface area contributed by atoms with Crippen molar-refractivity contribution in [3.05, 3.63) is 152 Å². The standard InChI is InChI=1S/C41H25N5/c1-2-10-30(11-3-1)45-36-14-6-4-12-33(36)43-40(45)28-18-16-26(17-19-28)29-21-23-35-32(25-29)31-22-20-27-9-8-24-42-39(27)38(31)41-44-34-13-5-7-15-37(34)46(35)41/h1-25H. The largest absolute Gasteiger partial charge is 0.292 e. The predicted molar refractivity (Wildman–Crippen MR) is 189 cm³/mol. The average molecular weight is 588 g/mol. The van der Waals surface area contributed by atoms with Gasteiger partial charge in [0.2, 0.25) is 0 Å². The Hall–Kier alpha value is -6.33. The second-order valence-electron chi connectivity index (χ2n) is 11.7. The molecule has 5 heteroatoms. The van der Waals surface area contributed by atoms with E-state index in [1.807, 2.05) is 30.5 Å². The molecule has 0 saturated carbocycles. The van der Waals surface area contributed by atoms with Gasteiger partial charge in [-0.25, -0.2) is 9.97 Å². The molecule has 0 spiro atoms. The maximum absolute atomic E-state index is 5.12. The van der Waals surface area contributed by atoms with Crippen molar-refractivity contribution in [1.82, 2.24) is 23.9 Å². The molecule has 0 unspecified atom stereocenters. The van der Waals surface area contributed by atoms with Gasteiger partial charge in [-0.05, 0) is 71.1 Å². The van der Waals surface area contributed by atoms with Crippen LogP contribution in [0.5, 0.6) is 0 Å². The number of hydrogen-bond donors (Lipinski definition) is 0. The van der Waals surface area contributed by atoms with E-state index in [2.05, 4.69) is 130 Å². The Morgan fingerprint density at radius 1 is 0.478 bits per heavy atom. The molecule has 0 atom stereocenters. The van der Waals surface area contributed by atoms with E-state index in [9.17, 15) is 0 Å². The summed E-state index contributed by atoms with van der Waals surface area (Å²) in [5.74, 6) is 0.928. The molecule has 4 aromatic heterocycles. The third-order valence-corrected chi connectivity index (χ3v) is 9.14. The summed E-state index contributed by atoms with van der Waals surface area (Å²) in [7, 11) is 0. The number of pyridine rings is 2. The molecular formula is C41H25N5. The summed E-state index contributed by atoms with van der Waals surface area (Å²) < 4.78 is 4.54. The molecule has 0 amide bonds. The SMILES string of the molecule is c1ccc(-n2c(-c3ccc(-c4ccc5c(c4)c4ccc6cccnc6c4c4nc6ccccc6n54)cc3)nc3ccccc32)cc1. The first-order valence-corrected chi connectivity index (χ1v) is 15.5. The molecule has 0 aliphatic heterocycles. The van der Waals surface area contributed by atoms with E-state index in [1.165, 1.54) is 5.39 Å². The number of aromatic nitrogens is 5. The number of rotatable bonds is 3. The number of benzene rings is 6. The van der Waals surface area contributed by atoms with Crippen LogP contribution in [0.2, 0.25) is 0 Å². The second kappa shape index (κ2) is 9.58. The van der Waals surface area contributed by atoms with Crippen molar-refractivity contribution in [3.63, 3.8) is 0 Å². The summed E-state index contributed by atoms with van der Waals surface area (Å²) in [4.78, 5) is 15.0. The molecule has 214 valence electrons. The zero-order valence-electron chi connectivity index (χ0n) is 24.7. The highest BCUT2D eigenvalue weighted by Crippen LogP contribution is 2.38. The van der Waals surface area contributed by atoms with Crippen LogP contribution in [0.3, 0.4) is 0 Å². The first kappa shape index (κ1) is 25.0. The van der Waals surface area contributed by atoms with Gasteiger partial charge in [-0.2, -0.15) is 0 Å². The van der Waals surface area contributed by atoms with Gasteiger partial charge in [0.1, 0.15) is 11.5 Å². The fourth-order valence-corrected chi connectivity index (χ4v) is 7.03. The summed E-state index contributed by atoms with van der Waals surface area (Å²) in [6.07, 6.45) is 1.87. The number of hydrogen-bond acceptors (Lipinski definition) is 3. The Balaban J connectivity index is 1.18. The minimum atomic E-state index is 0.928. The Bertz CT molecular complexity index is 2790. The summed E-state index contributed by atoms with van der Waals surface area (Å²) in [6, 6.07) is 51.2. The highest BCUT2D eigenvalue weighted by molar-refractivity contribution is 6.22. The van der Waals surface area contributed by atoms with Crippen molar-refractivity contribution in [2.75, 3.05) is 0 Å². The van der Waals surface area contributed by atoms with Crippen LogP contribution < -0.4 is 0 Å². The first-order chi connectivity index (χ1) is 22.8. The normalized spacial score (nSPS) is 11.9.